The van der Waals surface area contributed by atoms with Crippen molar-refractivity contribution in [3.05, 3.63) is 17.5 Å². The molecule has 0 saturated carbocycles. The first-order chi connectivity index (χ1) is 14.9. The zero-order chi connectivity index (χ0) is 22.3. The molecule has 174 valence electrons. The van der Waals surface area contributed by atoms with Gasteiger partial charge >= 0.3 is 0 Å². The van der Waals surface area contributed by atoms with Crippen LogP contribution in [-0.4, -0.2) is 100 Å². The molecule has 9 nitrogen and oxygen atoms in total. The molecule has 1 atom stereocenters. The second-order valence-electron chi connectivity index (χ2n) is 7.93. The number of thiophene rings is 1. The Hall–Kier alpha value is -1.53. The van der Waals surface area contributed by atoms with Crippen LogP contribution in [0.15, 0.2) is 21.7 Å². The van der Waals surface area contributed by atoms with Crippen molar-refractivity contribution in [2.24, 2.45) is 5.92 Å². The van der Waals surface area contributed by atoms with Crippen LogP contribution in [0.1, 0.15) is 19.3 Å². The number of hydrogen-bond acceptors (Lipinski definition) is 7. The van der Waals surface area contributed by atoms with Gasteiger partial charge in [-0.3, -0.25) is 14.5 Å². The average molecular weight is 473 g/mol. The number of piperazine rings is 1. The molecule has 11 heteroatoms. The van der Waals surface area contributed by atoms with Gasteiger partial charge in [-0.25, -0.2) is 8.42 Å². The first-order valence-electron chi connectivity index (χ1n) is 10.7. The van der Waals surface area contributed by atoms with E-state index in [1.807, 2.05) is 9.80 Å². The van der Waals surface area contributed by atoms with Crippen molar-refractivity contribution < 1.29 is 22.7 Å². The van der Waals surface area contributed by atoms with Gasteiger partial charge in [0.1, 0.15) is 4.21 Å². The number of nitrogens with zero attached hydrogens (tertiary/aromatic N) is 3. The van der Waals surface area contributed by atoms with E-state index in [0.717, 1.165) is 6.42 Å². The van der Waals surface area contributed by atoms with E-state index in [-0.39, 0.29) is 24.3 Å². The minimum atomic E-state index is -3.53. The number of piperidine rings is 1. The first-order valence-corrected chi connectivity index (χ1v) is 13.0. The maximum absolute atomic E-state index is 13.0. The Morgan fingerprint density at radius 3 is 2.68 bits per heavy atom. The van der Waals surface area contributed by atoms with Gasteiger partial charge in [-0.05, 0) is 30.7 Å². The summed E-state index contributed by atoms with van der Waals surface area (Å²) in [6.07, 6.45) is 2.18. The van der Waals surface area contributed by atoms with Crippen molar-refractivity contribution >= 4 is 33.2 Å². The second kappa shape index (κ2) is 11.4. The lowest BCUT2D eigenvalue weighted by Gasteiger charge is -2.38. The van der Waals surface area contributed by atoms with Gasteiger partial charge in [0, 0.05) is 59.5 Å². The Balaban J connectivity index is 1.45. The van der Waals surface area contributed by atoms with E-state index in [2.05, 4.69) is 5.32 Å². The van der Waals surface area contributed by atoms with Crippen LogP contribution in [0, 0.1) is 5.92 Å². The van der Waals surface area contributed by atoms with E-state index >= 15 is 0 Å². The molecule has 2 aliphatic rings. The number of hydrogen-bond donors (Lipinski definition) is 1. The second-order valence-corrected chi connectivity index (χ2v) is 11.0. The molecule has 2 amide bonds. The van der Waals surface area contributed by atoms with E-state index < -0.39 is 10.0 Å². The summed E-state index contributed by atoms with van der Waals surface area (Å²) >= 11 is 1.20. The SMILES string of the molecule is COCCCNC(=O)CN1CCN(C(=O)C2CCCN(S(=O)(=O)c3cccs3)C2)CC1. The summed E-state index contributed by atoms with van der Waals surface area (Å²) in [6.45, 7) is 4.63. The maximum Gasteiger partial charge on any atom is 0.252 e. The molecule has 1 unspecified atom stereocenters. The third kappa shape index (κ3) is 6.48. The van der Waals surface area contributed by atoms with Crippen molar-refractivity contribution in [2.45, 2.75) is 23.5 Å². The molecular weight excluding hydrogens is 440 g/mol. The highest BCUT2D eigenvalue weighted by atomic mass is 32.2. The van der Waals surface area contributed by atoms with Crippen molar-refractivity contribution in [2.75, 3.05) is 66.1 Å². The van der Waals surface area contributed by atoms with Crippen LogP contribution in [-0.2, 0) is 24.3 Å². The summed E-state index contributed by atoms with van der Waals surface area (Å²) in [5.74, 6) is -0.300. The van der Waals surface area contributed by atoms with Gasteiger partial charge in [0.15, 0.2) is 0 Å². The van der Waals surface area contributed by atoms with Crippen molar-refractivity contribution in [3.63, 3.8) is 0 Å². The molecule has 0 spiro atoms. The fourth-order valence-corrected chi connectivity index (χ4v) is 6.66. The number of rotatable bonds is 9. The topological polar surface area (TPSA) is 99.3 Å². The Morgan fingerprint density at radius 2 is 2.00 bits per heavy atom. The largest absolute Gasteiger partial charge is 0.385 e. The molecule has 2 fully saturated rings. The van der Waals surface area contributed by atoms with Crippen LogP contribution in [0.2, 0.25) is 0 Å². The lowest BCUT2D eigenvalue weighted by atomic mass is 9.98. The van der Waals surface area contributed by atoms with Gasteiger partial charge in [0.2, 0.25) is 11.8 Å². The quantitative estimate of drug-likeness (QED) is 0.524. The fourth-order valence-electron chi connectivity index (χ4n) is 3.99. The van der Waals surface area contributed by atoms with Crippen LogP contribution in [0.25, 0.3) is 0 Å². The molecule has 1 aromatic rings. The van der Waals surface area contributed by atoms with Crippen LogP contribution in [0.3, 0.4) is 0 Å². The summed E-state index contributed by atoms with van der Waals surface area (Å²) in [5.41, 5.74) is 0. The van der Waals surface area contributed by atoms with Crippen LogP contribution in [0.4, 0.5) is 0 Å². The van der Waals surface area contributed by atoms with Crippen molar-refractivity contribution in [1.29, 1.82) is 0 Å². The molecule has 3 heterocycles. The Morgan fingerprint density at radius 1 is 1.23 bits per heavy atom. The first kappa shape index (κ1) is 24.1. The molecule has 2 saturated heterocycles. The van der Waals surface area contributed by atoms with Crippen LogP contribution in [0.5, 0.6) is 0 Å². The minimum absolute atomic E-state index is 0.0161. The van der Waals surface area contributed by atoms with Crippen molar-refractivity contribution in [3.8, 4) is 0 Å². The molecule has 0 aliphatic carbocycles. The van der Waals surface area contributed by atoms with Gasteiger partial charge in [0.25, 0.3) is 10.0 Å². The van der Waals surface area contributed by atoms with Gasteiger partial charge in [-0.15, -0.1) is 11.3 Å². The van der Waals surface area contributed by atoms with E-state index in [0.29, 0.717) is 69.5 Å². The molecular formula is C20H32N4O5S2. The predicted octanol–water partition coefficient (Wildman–Crippen LogP) is 0.446. The Labute approximate surface area is 188 Å². The average Bonchev–Trinajstić information content (AvgIpc) is 3.33. The normalized spacial score (nSPS) is 21.2. The molecule has 0 radical (unpaired) electrons. The highest BCUT2D eigenvalue weighted by Crippen LogP contribution is 2.27. The molecule has 1 aromatic heterocycles. The van der Waals surface area contributed by atoms with E-state index in [4.69, 9.17) is 4.74 Å². The number of methoxy groups -OCH3 is 1. The number of carbonyl (C=O) groups is 2. The third-order valence-corrected chi connectivity index (χ3v) is 8.96. The minimum Gasteiger partial charge on any atom is -0.385 e. The maximum atomic E-state index is 13.0. The van der Waals surface area contributed by atoms with Crippen molar-refractivity contribution in [1.82, 2.24) is 19.4 Å². The molecule has 3 rings (SSSR count). The predicted molar refractivity (Wildman–Crippen MR) is 118 cm³/mol. The third-order valence-electron chi connectivity index (χ3n) is 5.72. The Bertz CT molecular complexity index is 823. The molecule has 0 aromatic carbocycles. The summed E-state index contributed by atoms with van der Waals surface area (Å²) in [7, 11) is -1.89. The van der Waals surface area contributed by atoms with E-state index in [9.17, 15) is 18.0 Å². The lowest BCUT2D eigenvalue weighted by Crippen LogP contribution is -2.54. The monoisotopic (exact) mass is 472 g/mol. The van der Waals surface area contributed by atoms with E-state index in [1.54, 1.807) is 24.6 Å². The smallest absolute Gasteiger partial charge is 0.252 e. The standard InChI is InChI=1S/C20H32N4O5S2/c1-29-13-4-7-21-18(25)16-22-9-11-23(12-10-22)20(26)17-5-2-8-24(15-17)31(27,28)19-6-3-14-30-19/h3,6,14,17H,2,4-5,7-13,15-16H2,1H3,(H,21,25). The summed E-state index contributed by atoms with van der Waals surface area (Å²) in [5, 5.41) is 4.63. The van der Waals surface area contributed by atoms with Gasteiger partial charge in [-0.1, -0.05) is 6.07 Å². The summed E-state index contributed by atoms with van der Waals surface area (Å²) in [4.78, 5) is 28.9. The number of amides is 2. The van der Waals surface area contributed by atoms with Crippen LogP contribution >= 0.6 is 11.3 Å². The van der Waals surface area contributed by atoms with Gasteiger partial charge < -0.3 is 15.0 Å². The number of carbonyl (C=O) groups excluding carboxylic acids is 2. The molecule has 31 heavy (non-hydrogen) atoms. The highest BCUT2D eigenvalue weighted by Gasteiger charge is 2.36. The summed E-state index contributed by atoms with van der Waals surface area (Å²) < 4.78 is 32.4. The molecule has 2 aliphatic heterocycles. The Kier molecular flexibility index (Phi) is 8.85. The fraction of sp³-hybridized carbons (Fsp3) is 0.700. The zero-order valence-electron chi connectivity index (χ0n) is 18.0. The van der Waals surface area contributed by atoms with Crippen LogP contribution < -0.4 is 5.32 Å². The van der Waals surface area contributed by atoms with Gasteiger partial charge in [-0.2, -0.15) is 4.31 Å². The lowest BCUT2D eigenvalue weighted by molar-refractivity contribution is -0.138. The number of nitrogens with one attached hydrogen (secondary N) is 1. The summed E-state index contributed by atoms with van der Waals surface area (Å²) in [6, 6.07) is 3.34. The zero-order valence-corrected chi connectivity index (χ0v) is 19.6. The number of ether oxygens (including phenoxy) is 1. The van der Waals surface area contributed by atoms with E-state index in [1.165, 1.54) is 15.6 Å². The molecule has 0 bridgehead atoms. The van der Waals surface area contributed by atoms with Gasteiger partial charge in [0.05, 0.1) is 12.5 Å². The highest BCUT2D eigenvalue weighted by molar-refractivity contribution is 7.91. The molecule has 1 N–H and O–H groups in total. The number of sulfonamides is 1.